The summed E-state index contributed by atoms with van der Waals surface area (Å²) < 4.78 is 32.3. The molecule has 34 heavy (non-hydrogen) atoms. The Kier molecular flexibility index (Phi) is 9.62. The third-order valence-corrected chi connectivity index (χ3v) is 5.11. The van der Waals surface area contributed by atoms with Crippen molar-refractivity contribution in [1.29, 1.82) is 0 Å². The van der Waals surface area contributed by atoms with E-state index in [0.717, 1.165) is 16.9 Å². The number of terminal acetylenes is 1. The Balaban J connectivity index is 1.92. The first-order chi connectivity index (χ1) is 16.5. The van der Waals surface area contributed by atoms with E-state index in [1.807, 2.05) is 42.2 Å². The number of benzene rings is 2. The molecule has 0 aliphatic heterocycles. The summed E-state index contributed by atoms with van der Waals surface area (Å²) in [5.74, 6) is 2.85. The average molecular weight is 468 g/mol. The molecule has 1 heterocycles. The molecule has 3 aromatic rings. The lowest BCUT2D eigenvalue weighted by molar-refractivity contribution is 0.0206. The number of hydrogen-bond donors (Lipinski definition) is 1. The average Bonchev–Trinajstić information content (AvgIpc) is 3.13. The second-order valence-corrected chi connectivity index (χ2v) is 7.78. The lowest BCUT2D eigenvalue weighted by Gasteiger charge is -2.25. The van der Waals surface area contributed by atoms with Gasteiger partial charge in [-0.15, -0.1) is 6.42 Å². The van der Waals surface area contributed by atoms with Crippen LogP contribution in [0, 0.1) is 25.1 Å². The number of aryl methyl sites for hydroxylation is 1. The Morgan fingerprint density at radius 2 is 2.00 bits per heavy atom. The molecule has 0 radical (unpaired) electrons. The zero-order valence-electron chi connectivity index (χ0n) is 19.5. The minimum Gasteiger partial charge on any atom is -0.438 e. The number of hydrogen-bond acceptors (Lipinski definition) is 6. The van der Waals surface area contributed by atoms with Gasteiger partial charge in [0.05, 0.1) is 36.3 Å². The first-order valence-corrected chi connectivity index (χ1v) is 11.0. The third kappa shape index (κ3) is 7.14. The van der Waals surface area contributed by atoms with E-state index in [4.69, 9.17) is 25.7 Å². The molecule has 0 fully saturated rings. The summed E-state index contributed by atoms with van der Waals surface area (Å²) in [4.78, 5) is 2.03. The molecule has 0 unspecified atom stereocenters. The van der Waals surface area contributed by atoms with Crippen molar-refractivity contribution >= 4 is 0 Å². The van der Waals surface area contributed by atoms with E-state index in [0.29, 0.717) is 37.9 Å². The highest BCUT2D eigenvalue weighted by Crippen LogP contribution is 2.32. The number of nitrogens with zero attached hydrogens (tertiary/aromatic N) is 3. The van der Waals surface area contributed by atoms with Gasteiger partial charge in [-0.2, -0.15) is 5.10 Å². The van der Waals surface area contributed by atoms with Crippen LogP contribution in [-0.4, -0.2) is 65.9 Å². The van der Waals surface area contributed by atoms with Crippen molar-refractivity contribution in [3.05, 3.63) is 71.7 Å². The van der Waals surface area contributed by atoms with E-state index < -0.39 is 11.9 Å². The van der Waals surface area contributed by atoms with Crippen LogP contribution in [0.15, 0.2) is 54.6 Å². The second-order valence-electron chi connectivity index (χ2n) is 7.78. The van der Waals surface area contributed by atoms with Crippen molar-refractivity contribution in [3.8, 4) is 29.7 Å². The number of aromatic nitrogens is 2. The molecule has 180 valence electrons. The van der Waals surface area contributed by atoms with Crippen LogP contribution >= 0.6 is 0 Å². The zero-order chi connectivity index (χ0) is 24.3. The normalized spacial score (nSPS) is 12.0. The molecule has 2 aromatic carbocycles. The van der Waals surface area contributed by atoms with Gasteiger partial charge in [0.2, 0.25) is 5.88 Å². The predicted octanol–water partition coefficient (Wildman–Crippen LogP) is 3.57. The van der Waals surface area contributed by atoms with Crippen LogP contribution in [0.5, 0.6) is 11.6 Å². The maximum atomic E-state index is 13.8. The molecule has 0 bridgehead atoms. The van der Waals surface area contributed by atoms with Crippen LogP contribution in [-0.2, 0) is 16.0 Å². The molecule has 0 amide bonds. The van der Waals surface area contributed by atoms with Gasteiger partial charge < -0.3 is 19.3 Å². The van der Waals surface area contributed by atoms with E-state index in [9.17, 15) is 9.50 Å². The third-order valence-electron chi connectivity index (χ3n) is 5.11. The number of para-hydroxylation sites is 1. The van der Waals surface area contributed by atoms with Gasteiger partial charge in [0.1, 0.15) is 18.2 Å². The lowest BCUT2D eigenvalue weighted by atomic mass is 10.2. The molecule has 0 aliphatic carbocycles. The highest BCUT2D eigenvalue weighted by Gasteiger charge is 2.22. The fourth-order valence-corrected chi connectivity index (χ4v) is 3.50. The summed E-state index contributed by atoms with van der Waals surface area (Å²) in [5.41, 5.74) is 2.39. The first-order valence-electron chi connectivity index (χ1n) is 11.0. The van der Waals surface area contributed by atoms with Crippen LogP contribution in [0.2, 0.25) is 0 Å². The number of halogens is 1. The summed E-state index contributed by atoms with van der Waals surface area (Å²) >= 11 is 0. The van der Waals surface area contributed by atoms with E-state index in [1.54, 1.807) is 23.9 Å². The van der Waals surface area contributed by atoms with Gasteiger partial charge in [0.25, 0.3) is 0 Å². The maximum Gasteiger partial charge on any atom is 0.227 e. The van der Waals surface area contributed by atoms with Crippen LogP contribution < -0.4 is 4.74 Å². The highest BCUT2D eigenvalue weighted by atomic mass is 19.1. The van der Waals surface area contributed by atoms with Gasteiger partial charge in [0, 0.05) is 32.8 Å². The molecule has 1 atom stereocenters. The molecule has 1 aromatic heterocycles. The Bertz CT molecular complexity index is 1080. The Labute approximate surface area is 199 Å². The second kappa shape index (κ2) is 12.9. The van der Waals surface area contributed by atoms with Crippen LogP contribution in [0.3, 0.4) is 0 Å². The molecule has 3 rings (SSSR count). The maximum absolute atomic E-state index is 13.8. The lowest BCUT2D eigenvalue weighted by Crippen LogP contribution is -2.36. The summed E-state index contributed by atoms with van der Waals surface area (Å²) in [6, 6.07) is 15.6. The van der Waals surface area contributed by atoms with Crippen molar-refractivity contribution in [1.82, 2.24) is 14.7 Å². The summed E-state index contributed by atoms with van der Waals surface area (Å²) in [6.07, 6.45) is 4.48. The predicted molar refractivity (Wildman–Crippen MR) is 128 cm³/mol. The van der Waals surface area contributed by atoms with Crippen LogP contribution in [0.4, 0.5) is 4.39 Å². The summed E-state index contributed by atoms with van der Waals surface area (Å²) in [7, 11) is 1.63. The molecule has 0 aliphatic rings. The largest absolute Gasteiger partial charge is 0.438 e. The number of methoxy groups -OCH3 is 1. The van der Waals surface area contributed by atoms with Crippen molar-refractivity contribution in [2.45, 2.75) is 19.6 Å². The molecule has 1 N–H and O–H groups in total. The minimum absolute atomic E-state index is 0.128. The quantitative estimate of drug-likeness (QED) is 0.306. The Hall–Kier alpha value is -3.22. The summed E-state index contributed by atoms with van der Waals surface area (Å²) in [5, 5.41) is 15.1. The van der Waals surface area contributed by atoms with Gasteiger partial charge in [0.15, 0.2) is 0 Å². The fourth-order valence-electron chi connectivity index (χ4n) is 3.50. The monoisotopic (exact) mass is 467 g/mol. The standard InChI is InChI=1S/C26H30FN3O4/c1-4-14-33-19-23(31)17-29(13-15-32-3)18-25-20(2)28-30(22-10-6-5-7-11-22)26(25)34-24-12-8-9-21(27)16-24/h1,5-12,16,23,31H,13-15,17-19H2,2-3H3/t23-/m1/s1. The van der Waals surface area contributed by atoms with Gasteiger partial charge in [-0.25, -0.2) is 9.07 Å². The molecular formula is C26H30FN3O4. The molecule has 8 heteroatoms. The van der Waals surface area contributed by atoms with Crippen molar-refractivity contribution in [2.75, 3.05) is 40.0 Å². The van der Waals surface area contributed by atoms with Gasteiger partial charge in [-0.05, 0) is 31.2 Å². The fraction of sp³-hybridized carbons (Fsp3) is 0.346. The van der Waals surface area contributed by atoms with E-state index in [2.05, 4.69) is 5.92 Å². The SMILES string of the molecule is C#CCOC[C@H](O)CN(CCOC)Cc1c(C)nn(-c2ccccc2)c1Oc1cccc(F)c1. The zero-order valence-corrected chi connectivity index (χ0v) is 19.5. The topological polar surface area (TPSA) is 69.0 Å². The number of aliphatic hydroxyl groups excluding tert-OH is 1. The number of aliphatic hydroxyl groups is 1. The van der Waals surface area contributed by atoms with E-state index >= 15 is 0 Å². The van der Waals surface area contributed by atoms with Crippen LogP contribution in [0.25, 0.3) is 5.69 Å². The molecule has 0 spiro atoms. The Morgan fingerprint density at radius 1 is 1.21 bits per heavy atom. The molecular weight excluding hydrogens is 437 g/mol. The minimum atomic E-state index is -0.734. The van der Waals surface area contributed by atoms with E-state index in [-0.39, 0.29) is 13.2 Å². The van der Waals surface area contributed by atoms with E-state index in [1.165, 1.54) is 12.1 Å². The van der Waals surface area contributed by atoms with Gasteiger partial charge in [-0.3, -0.25) is 4.90 Å². The smallest absolute Gasteiger partial charge is 0.227 e. The van der Waals surface area contributed by atoms with Crippen molar-refractivity contribution < 1.29 is 23.7 Å². The Morgan fingerprint density at radius 3 is 2.71 bits per heavy atom. The highest BCUT2D eigenvalue weighted by molar-refractivity contribution is 5.43. The van der Waals surface area contributed by atoms with Crippen LogP contribution in [0.1, 0.15) is 11.3 Å². The molecule has 0 saturated carbocycles. The van der Waals surface area contributed by atoms with Gasteiger partial charge >= 0.3 is 0 Å². The van der Waals surface area contributed by atoms with Crippen molar-refractivity contribution in [3.63, 3.8) is 0 Å². The summed E-state index contributed by atoms with van der Waals surface area (Å²) in [6.45, 7) is 3.98. The first kappa shape index (κ1) is 25.4. The molecule has 0 saturated heterocycles. The van der Waals surface area contributed by atoms with Crippen molar-refractivity contribution in [2.24, 2.45) is 0 Å². The van der Waals surface area contributed by atoms with Gasteiger partial charge in [-0.1, -0.05) is 30.2 Å². The number of ether oxygens (including phenoxy) is 3. The number of rotatable bonds is 13. The molecule has 7 nitrogen and oxygen atoms in total.